The molecule has 0 aromatic heterocycles. The van der Waals surface area contributed by atoms with Crippen LogP contribution in [0, 0.1) is 52.8 Å². The van der Waals surface area contributed by atoms with Gasteiger partial charge in [-0.3, -0.25) is 9.59 Å². The minimum Gasteiger partial charge on any atom is -0.493 e. The van der Waals surface area contributed by atoms with Crippen LogP contribution in [0.1, 0.15) is 82.1 Å². The Labute approximate surface area is 242 Å². The van der Waals surface area contributed by atoms with Crippen molar-refractivity contribution >= 4 is 11.9 Å². The quantitative estimate of drug-likeness (QED) is 0.286. The summed E-state index contributed by atoms with van der Waals surface area (Å²) in [5.74, 6) is 5.35. The van der Waals surface area contributed by atoms with E-state index in [1.807, 2.05) is 12.1 Å². The number of carbonyl (C=O) groups is 2. The van der Waals surface area contributed by atoms with Crippen LogP contribution < -0.4 is 14.2 Å². The highest BCUT2D eigenvalue weighted by Crippen LogP contribution is 2.64. The molecule has 8 bridgehead atoms. The highest BCUT2D eigenvalue weighted by molar-refractivity contribution is 6.05. The van der Waals surface area contributed by atoms with Gasteiger partial charge in [-0.1, -0.05) is 0 Å². The van der Waals surface area contributed by atoms with E-state index in [2.05, 4.69) is 0 Å². The molecule has 9 fully saturated rings. The normalized spacial score (nSPS) is 44.4. The minimum atomic E-state index is -1.31. The molecular weight excluding hydrogens is 520 g/mol. The van der Waals surface area contributed by atoms with Gasteiger partial charge in [0.1, 0.15) is 12.2 Å². The molecule has 9 saturated carbocycles. The maximum absolute atomic E-state index is 14.3. The maximum atomic E-state index is 14.3. The summed E-state index contributed by atoms with van der Waals surface area (Å²) in [7, 11) is 4.75. The molecular formula is C34H44O7. The van der Waals surface area contributed by atoms with Gasteiger partial charge in [-0.2, -0.15) is 0 Å². The van der Waals surface area contributed by atoms with Crippen molar-refractivity contribution in [3.8, 4) is 17.2 Å². The molecule has 7 heteroatoms. The third kappa shape index (κ3) is 4.03. The fourth-order valence-corrected chi connectivity index (χ4v) is 11.1. The van der Waals surface area contributed by atoms with E-state index < -0.39 is 5.41 Å². The summed E-state index contributed by atoms with van der Waals surface area (Å²) < 4.78 is 29.7. The number of hydrogen-bond donors (Lipinski definition) is 0. The van der Waals surface area contributed by atoms with Gasteiger partial charge in [0.15, 0.2) is 16.9 Å². The molecule has 0 heterocycles. The predicted molar refractivity (Wildman–Crippen MR) is 150 cm³/mol. The Bertz CT molecular complexity index is 1100. The van der Waals surface area contributed by atoms with Crippen LogP contribution in [0.25, 0.3) is 0 Å². The first-order valence-electron chi connectivity index (χ1n) is 16.1. The van der Waals surface area contributed by atoms with E-state index in [9.17, 15) is 9.59 Å². The van der Waals surface area contributed by atoms with Crippen molar-refractivity contribution < 1.29 is 33.3 Å². The first kappa shape index (κ1) is 26.2. The van der Waals surface area contributed by atoms with E-state index in [-0.39, 0.29) is 30.1 Å². The summed E-state index contributed by atoms with van der Waals surface area (Å²) in [6, 6.07) is 3.75. The first-order chi connectivity index (χ1) is 19.9. The van der Waals surface area contributed by atoms with Gasteiger partial charge in [-0.05, 0) is 136 Å². The number of hydrogen-bond acceptors (Lipinski definition) is 7. The third-order valence-electron chi connectivity index (χ3n) is 12.5. The van der Waals surface area contributed by atoms with E-state index in [1.54, 1.807) is 21.3 Å². The third-order valence-corrected chi connectivity index (χ3v) is 12.5. The summed E-state index contributed by atoms with van der Waals surface area (Å²) in [6.07, 6.45) is 12.2. The molecule has 0 spiro atoms. The Kier molecular flexibility index (Phi) is 6.10. The van der Waals surface area contributed by atoms with Crippen LogP contribution in [0.4, 0.5) is 0 Å². The summed E-state index contributed by atoms with van der Waals surface area (Å²) in [4.78, 5) is 28.6. The summed E-state index contributed by atoms with van der Waals surface area (Å²) in [6.45, 7) is 0. The molecule has 1 aromatic carbocycles. The Balaban J connectivity index is 1.10. The monoisotopic (exact) mass is 564 g/mol. The molecule has 222 valence electrons. The lowest BCUT2D eigenvalue weighted by Crippen LogP contribution is -2.52. The largest absolute Gasteiger partial charge is 0.493 e. The van der Waals surface area contributed by atoms with Crippen LogP contribution in [0.3, 0.4) is 0 Å². The van der Waals surface area contributed by atoms with Crippen LogP contribution in [0.2, 0.25) is 0 Å². The van der Waals surface area contributed by atoms with E-state index >= 15 is 0 Å². The molecule has 0 aliphatic heterocycles. The van der Waals surface area contributed by atoms with Crippen molar-refractivity contribution in [2.75, 3.05) is 21.3 Å². The number of rotatable bonds is 8. The lowest BCUT2D eigenvalue weighted by atomic mass is 9.55. The van der Waals surface area contributed by atoms with Crippen molar-refractivity contribution in [1.29, 1.82) is 0 Å². The van der Waals surface area contributed by atoms with Crippen molar-refractivity contribution in [1.82, 2.24) is 0 Å². The number of methoxy groups -OCH3 is 3. The standard InChI is InChI=1S/C34H44O7/c1-37-27-14-21(15-28(38-2)31(27)39-3)26-16-34(26,32(35)40-29-22-6-17-4-18(8-22)9-23(29)7-17)33(36)41-30-24-10-19-5-20(12-24)13-25(30)11-19/h14-15,17-20,22-26,29-30H,4-13,16H2,1-3H3. The maximum Gasteiger partial charge on any atom is 0.324 e. The van der Waals surface area contributed by atoms with E-state index in [0.717, 1.165) is 80.6 Å². The van der Waals surface area contributed by atoms with Crippen molar-refractivity contribution in [3.05, 3.63) is 17.7 Å². The molecule has 1 atom stereocenters. The Morgan fingerprint density at radius 3 is 1.34 bits per heavy atom. The van der Waals surface area contributed by atoms with E-state index in [0.29, 0.717) is 47.3 Å². The van der Waals surface area contributed by atoms with Gasteiger partial charge in [-0.15, -0.1) is 0 Å². The Morgan fingerprint density at radius 2 is 1.00 bits per heavy atom. The van der Waals surface area contributed by atoms with Gasteiger partial charge in [-0.25, -0.2) is 0 Å². The van der Waals surface area contributed by atoms with Crippen LogP contribution in [0.5, 0.6) is 17.2 Å². The lowest BCUT2D eigenvalue weighted by molar-refractivity contribution is -0.191. The Hall–Kier alpha value is -2.44. The second-order valence-corrected chi connectivity index (χ2v) is 14.8. The summed E-state index contributed by atoms with van der Waals surface area (Å²) >= 11 is 0. The number of benzene rings is 1. The number of esters is 2. The van der Waals surface area contributed by atoms with Gasteiger partial charge < -0.3 is 23.7 Å². The molecule has 0 amide bonds. The van der Waals surface area contributed by atoms with Gasteiger partial charge in [0, 0.05) is 5.92 Å². The number of ether oxygens (including phenoxy) is 5. The van der Waals surface area contributed by atoms with Crippen LogP contribution in [-0.4, -0.2) is 45.5 Å². The minimum absolute atomic E-state index is 0.0673. The fraction of sp³-hybridized carbons (Fsp3) is 0.765. The highest BCUT2D eigenvalue weighted by atomic mass is 16.6. The average Bonchev–Trinajstić information content (AvgIpc) is 3.72. The molecule has 0 N–H and O–H groups in total. The second kappa shape index (κ2) is 9.54. The summed E-state index contributed by atoms with van der Waals surface area (Å²) in [5, 5.41) is 0. The molecule has 10 rings (SSSR count). The Morgan fingerprint density at radius 1 is 0.610 bits per heavy atom. The zero-order valence-electron chi connectivity index (χ0n) is 24.6. The van der Waals surface area contributed by atoms with Gasteiger partial charge in [0.25, 0.3) is 0 Å². The van der Waals surface area contributed by atoms with Crippen LogP contribution in [0.15, 0.2) is 12.1 Å². The van der Waals surface area contributed by atoms with Crippen LogP contribution >= 0.6 is 0 Å². The number of carbonyl (C=O) groups excluding carboxylic acids is 2. The van der Waals surface area contributed by atoms with Crippen LogP contribution in [-0.2, 0) is 19.1 Å². The van der Waals surface area contributed by atoms with Crippen molar-refractivity contribution in [3.63, 3.8) is 0 Å². The molecule has 41 heavy (non-hydrogen) atoms. The van der Waals surface area contributed by atoms with Gasteiger partial charge in [0.05, 0.1) is 21.3 Å². The van der Waals surface area contributed by atoms with Gasteiger partial charge >= 0.3 is 11.9 Å². The van der Waals surface area contributed by atoms with Gasteiger partial charge in [0.2, 0.25) is 5.75 Å². The van der Waals surface area contributed by atoms with Crippen molar-refractivity contribution in [2.24, 2.45) is 52.8 Å². The SMILES string of the molecule is COc1cc(C2CC2(C(=O)OC2C3CC4CC(C3)CC2C4)C(=O)OC2C3CC4CC(C3)CC2C4)cc(OC)c1OC. The predicted octanol–water partition coefficient (Wildman–Crippen LogP) is 5.92. The molecule has 9 aliphatic carbocycles. The molecule has 0 saturated heterocycles. The molecule has 0 radical (unpaired) electrons. The molecule has 7 nitrogen and oxygen atoms in total. The molecule has 1 aromatic rings. The molecule has 1 unspecified atom stereocenters. The lowest BCUT2D eigenvalue weighted by Gasteiger charge is -2.54. The zero-order chi connectivity index (χ0) is 28.0. The zero-order valence-corrected chi connectivity index (χ0v) is 24.6. The summed E-state index contributed by atoms with van der Waals surface area (Å²) in [5.41, 5.74) is -0.489. The highest BCUT2D eigenvalue weighted by Gasteiger charge is 2.70. The van der Waals surface area contributed by atoms with E-state index in [1.165, 1.54) is 12.8 Å². The molecule has 9 aliphatic rings. The van der Waals surface area contributed by atoms with Crippen molar-refractivity contribution in [2.45, 2.75) is 88.8 Å². The van der Waals surface area contributed by atoms with E-state index in [4.69, 9.17) is 23.7 Å². The second-order valence-electron chi connectivity index (χ2n) is 14.8. The first-order valence-corrected chi connectivity index (χ1v) is 16.1. The smallest absolute Gasteiger partial charge is 0.324 e. The topological polar surface area (TPSA) is 80.3 Å². The fourth-order valence-electron chi connectivity index (χ4n) is 11.1. The average molecular weight is 565 g/mol.